The number of fused-ring (bicyclic) bond motifs is 1. The number of amides is 1. The zero-order valence-corrected chi connectivity index (χ0v) is 21.1. The topological polar surface area (TPSA) is 89.0 Å². The molecule has 1 atom stereocenters. The third-order valence-corrected chi connectivity index (χ3v) is 7.27. The minimum absolute atomic E-state index is 0.00231. The molecular formula is C28H24N2O5S. The number of hydrogen-bond acceptors (Lipinski definition) is 7. The second-order valence-corrected chi connectivity index (χ2v) is 9.60. The summed E-state index contributed by atoms with van der Waals surface area (Å²) in [6.45, 7) is 3.97. The molecule has 1 amide bonds. The Morgan fingerprint density at radius 1 is 0.944 bits per heavy atom. The first-order chi connectivity index (χ1) is 17.3. The fourth-order valence-electron chi connectivity index (χ4n) is 4.50. The highest BCUT2D eigenvalue weighted by Crippen LogP contribution is 2.45. The van der Waals surface area contributed by atoms with E-state index in [1.54, 1.807) is 62.8 Å². The molecule has 8 heteroatoms. The van der Waals surface area contributed by atoms with Crippen molar-refractivity contribution in [3.05, 3.63) is 88.5 Å². The molecule has 1 N–H and O–H groups in total. The third kappa shape index (κ3) is 3.89. The van der Waals surface area contributed by atoms with Crippen LogP contribution >= 0.6 is 11.3 Å². The Kier molecular flexibility index (Phi) is 5.97. The van der Waals surface area contributed by atoms with Crippen molar-refractivity contribution in [2.75, 3.05) is 19.1 Å². The van der Waals surface area contributed by atoms with E-state index in [0.717, 1.165) is 21.3 Å². The minimum Gasteiger partial charge on any atom is -0.507 e. The van der Waals surface area contributed by atoms with Gasteiger partial charge in [0, 0.05) is 5.56 Å². The number of aliphatic hydroxyl groups excluding tert-OH is 1. The molecule has 0 spiro atoms. The highest BCUT2D eigenvalue weighted by atomic mass is 32.1. The molecule has 182 valence electrons. The fourth-order valence-corrected chi connectivity index (χ4v) is 5.67. The van der Waals surface area contributed by atoms with Crippen LogP contribution in [-0.2, 0) is 9.59 Å². The van der Waals surface area contributed by atoms with Gasteiger partial charge < -0.3 is 14.6 Å². The Balaban J connectivity index is 1.71. The van der Waals surface area contributed by atoms with Crippen LogP contribution in [0.2, 0.25) is 0 Å². The number of Topliss-reactive ketones (excluding diaryl/α,β-unsaturated/α-hetero) is 1. The van der Waals surface area contributed by atoms with Crippen LogP contribution in [-0.4, -0.2) is 36.0 Å². The molecule has 1 unspecified atom stereocenters. The lowest BCUT2D eigenvalue weighted by molar-refractivity contribution is -0.132. The molecule has 0 radical (unpaired) electrons. The monoisotopic (exact) mass is 500 g/mol. The number of aromatic nitrogens is 1. The Morgan fingerprint density at radius 3 is 2.17 bits per heavy atom. The first-order valence-electron chi connectivity index (χ1n) is 11.3. The standard InChI is InChI=1S/C28H24N2O5S/c1-15-13-16(2)23-21(14-15)36-28(29-23)30-24(17-5-9-19(34-3)10-6-17)22(26(32)27(30)33)25(31)18-7-11-20(35-4)12-8-18/h5-14,24,31H,1-4H3. The van der Waals surface area contributed by atoms with E-state index in [9.17, 15) is 14.7 Å². The number of carbonyl (C=O) groups excluding carboxylic acids is 2. The van der Waals surface area contributed by atoms with Gasteiger partial charge in [-0.1, -0.05) is 29.5 Å². The molecule has 7 nitrogen and oxygen atoms in total. The molecule has 4 aromatic rings. The summed E-state index contributed by atoms with van der Waals surface area (Å²) < 4.78 is 11.4. The Bertz CT molecular complexity index is 1520. The molecule has 1 aliphatic heterocycles. The van der Waals surface area contributed by atoms with Crippen molar-refractivity contribution < 1.29 is 24.2 Å². The molecule has 1 saturated heterocycles. The summed E-state index contributed by atoms with van der Waals surface area (Å²) in [5.41, 5.74) is 3.92. The van der Waals surface area contributed by atoms with Gasteiger partial charge in [-0.25, -0.2) is 4.98 Å². The van der Waals surface area contributed by atoms with Gasteiger partial charge in [0.25, 0.3) is 5.78 Å². The van der Waals surface area contributed by atoms with Crippen molar-refractivity contribution in [3.63, 3.8) is 0 Å². The lowest BCUT2D eigenvalue weighted by atomic mass is 9.95. The molecule has 3 aromatic carbocycles. The number of carbonyl (C=O) groups is 2. The van der Waals surface area contributed by atoms with Gasteiger partial charge in [0.1, 0.15) is 17.3 Å². The van der Waals surface area contributed by atoms with Crippen LogP contribution in [0.4, 0.5) is 5.13 Å². The van der Waals surface area contributed by atoms with E-state index >= 15 is 0 Å². The van der Waals surface area contributed by atoms with E-state index in [1.807, 2.05) is 26.0 Å². The van der Waals surface area contributed by atoms with Crippen LogP contribution in [0.25, 0.3) is 16.0 Å². The minimum atomic E-state index is -0.861. The smallest absolute Gasteiger partial charge is 0.301 e. The van der Waals surface area contributed by atoms with Gasteiger partial charge in [-0.3, -0.25) is 14.5 Å². The normalized spacial score (nSPS) is 17.1. The van der Waals surface area contributed by atoms with E-state index in [2.05, 4.69) is 0 Å². The van der Waals surface area contributed by atoms with Crippen LogP contribution in [0.15, 0.2) is 66.2 Å². The second kappa shape index (κ2) is 9.13. The summed E-state index contributed by atoms with van der Waals surface area (Å²) in [7, 11) is 3.11. The van der Waals surface area contributed by atoms with Crippen LogP contribution in [0.5, 0.6) is 11.5 Å². The van der Waals surface area contributed by atoms with E-state index in [4.69, 9.17) is 14.5 Å². The van der Waals surface area contributed by atoms with Gasteiger partial charge in [0.05, 0.1) is 36.1 Å². The predicted octanol–water partition coefficient (Wildman–Crippen LogP) is 5.56. The fraction of sp³-hybridized carbons (Fsp3) is 0.179. The van der Waals surface area contributed by atoms with Crippen molar-refractivity contribution in [3.8, 4) is 11.5 Å². The molecule has 5 rings (SSSR count). The largest absolute Gasteiger partial charge is 0.507 e. The van der Waals surface area contributed by atoms with Crippen molar-refractivity contribution in [2.45, 2.75) is 19.9 Å². The number of ketones is 1. The molecule has 1 aromatic heterocycles. The summed E-state index contributed by atoms with van der Waals surface area (Å²) in [4.78, 5) is 33.0. The molecule has 2 heterocycles. The van der Waals surface area contributed by atoms with Gasteiger partial charge in [-0.15, -0.1) is 0 Å². The third-order valence-electron chi connectivity index (χ3n) is 6.26. The van der Waals surface area contributed by atoms with Gasteiger partial charge in [0.2, 0.25) is 0 Å². The summed E-state index contributed by atoms with van der Waals surface area (Å²) in [5, 5.41) is 11.7. The number of benzene rings is 3. The number of hydrogen-bond donors (Lipinski definition) is 1. The average molecular weight is 501 g/mol. The molecule has 0 bridgehead atoms. The molecule has 0 saturated carbocycles. The number of aliphatic hydroxyl groups is 1. The number of ether oxygens (including phenoxy) is 2. The predicted molar refractivity (Wildman–Crippen MR) is 140 cm³/mol. The lowest BCUT2D eigenvalue weighted by Crippen LogP contribution is -2.29. The molecule has 1 aliphatic rings. The Hall–Kier alpha value is -4.17. The van der Waals surface area contributed by atoms with Crippen molar-refractivity contribution in [1.82, 2.24) is 4.98 Å². The lowest BCUT2D eigenvalue weighted by Gasteiger charge is -2.23. The van der Waals surface area contributed by atoms with Crippen LogP contribution in [0, 0.1) is 13.8 Å². The van der Waals surface area contributed by atoms with Gasteiger partial charge in [-0.05, 0) is 73.0 Å². The van der Waals surface area contributed by atoms with Gasteiger partial charge >= 0.3 is 5.91 Å². The van der Waals surface area contributed by atoms with E-state index in [-0.39, 0.29) is 11.3 Å². The molecular weight excluding hydrogens is 476 g/mol. The van der Waals surface area contributed by atoms with Crippen LogP contribution in [0.3, 0.4) is 0 Å². The number of methoxy groups -OCH3 is 2. The van der Waals surface area contributed by atoms with Gasteiger partial charge in [-0.2, -0.15) is 0 Å². The first kappa shape index (κ1) is 23.6. The van der Waals surface area contributed by atoms with E-state index in [0.29, 0.717) is 27.8 Å². The van der Waals surface area contributed by atoms with Crippen LogP contribution < -0.4 is 14.4 Å². The van der Waals surface area contributed by atoms with Crippen molar-refractivity contribution >= 4 is 44.1 Å². The molecule has 1 fully saturated rings. The maximum absolute atomic E-state index is 13.4. The molecule has 0 aliphatic carbocycles. The zero-order valence-electron chi connectivity index (χ0n) is 20.2. The summed E-state index contributed by atoms with van der Waals surface area (Å²) in [6, 6.07) is 16.9. The summed E-state index contributed by atoms with van der Waals surface area (Å²) >= 11 is 1.35. The number of aryl methyl sites for hydroxylation is 2. The number of thiazole rings is 1. The van der Waals surface area contributed by atoms with E-state index < -0.39 is 17.7 Å². The van der Waals surface area contributed by atoms with Crippen molar-refractivity contribution in [1.29, 1.82) is 0 Å². The number of anilines is 1. The number of rotatable bonds is 5. The van der Waals surface area contributed by atoms with Crippen LogP contribution in [0.1, 0.15) is 28.3 Å². The Morgan fingerprint density at radius 2 is 1.56 bits per heavy atom. The molecule has 36 heavy (non-hydrogen) atoms. The SMILES string of the molecule is COc1ccc(C(O)=C2C(=O)C(=O)N(c3nc4c(C)cc(C)cc4s3)C2c2ccc(OC)cc2)cc1. The average Bonchev–Trinajstić information content (AvgIpc) is 3.42. The Labute approximate surface area is 212 Å². The summed E-state index contributed by atoms with van der Waals surface area (Å²) in [6.07, 6.45) is 0. The number of nitrogens with zero attached hydrogens (tertiary/aromatic N) is 2. The van der Waals surface area contributed by atoms with Crippen molar-refractivity contribution in [2.24, 2.45) is 0 Å². The zero-order chi connectivity index (χ0) is 25.6. The first-order valence-corrected chi connectivity index (χ1v) is 12.1. The van der Waals surface area contributed by atoms with Gasteiger partial charge in [0.15, 0.2) is 5.13 Å². The maximum atomic E-state index is 13.4. The quantitative estimate of drug-likeness (QED) is 0.219. The van der Waals surface area contributed by atoms with E-state index in [1.165, 1.54) is 16.2 Å². The maximum Gasteiger partial charge on any atom is 0.301 e. The summed E-state index contributed by atoms with van der Waals surface area (Å²) in [5.74, 6) is -0.515. The second-order valence-electron chi connectivity index (χ2n) is 8.60. The highest BCUT2D eigenvalue weighted by Gasteiger charge is 2.48. The highest BCUT2D eigenvalue weighted by molar-refractivity contribution is 7.22.